The minimum absolute atomic E-state index is 0. The van der Waals surface area contributed by atoms with Gasteiger partial charge >= 0.3 is 11.4 Å². The molecule has 0 saturated carbocycles. The van der Waals surface area contributed by atoms with E-state index in [1.54, 1.807) is 11.8 Å². The molecule has 3 aromatic rings. The Balaban J connectivity index is 0.000000761. The van der Waals surface area contributed by atoms with Crippen molar-refractivity contribution in [2.45, 2.75) is 248 Å². The van der Waals surface area contributed by atoms with E-state index in [-0.39, 0.29) is 91.8 Å². The van der Waals surface area contributed by atoms with Crippen LogP contribution in [0, 0.1) is 41.6 Å². The van der Waals surface area contributed by atoms with Crippen LogP contribution in [0.5, 0.6) is 0 Å². The van der Waals surface area contributed by atoms with E-state index in [4.69, 9.17) is 44.4 Å². The second-order valence-electron chi connectivity index (χ2n) is 24.0. The first-order valence-electron chi connectivity index (χ1n) is 33.5. The number of aromatic nitrogens is 7. The van der Waals surface area contributed by atoms with Crippen LogP contribution in [0.1, 0.15) is 181 Å². The number of hydrogen-bond acceptors (Lipinski definition) is 25. The van der Waals surface area contributed by atoms with E-state index in [9.17, 15) is 43.5 Å². The van der Waals surface area contributed by atoms with Gasteiger partial charge in [-0.15, -0.1) is 0 Å². The number of amides is 2. The molecule has 102 heavy (non-hydrogen) atoms. The molecule has 0 bridgehead atoms. The Labute approximate surface area is 616 Å². The summed E-state index contributed by atoms with van der Waals surface area (Å²) in [6.45, 7) is 42.6. The molecule has 2 saturated heterocycles. The monoisotopic (exact) mass is 1520 g/mol. The Morgan fingerprint density at radius 1 is 0.706 bits per heavy atom. The number of hydrogen-bond donors (Lipinski definition) is 6. The molecule has 6 N–H and O–H groups in total. The van der Waals surface area contributed by atoms with Crippen LogP contribution in [0.2, 0.25) is 0 Å². The lowest BCUT2D eigenvalue weighted by molar-refractivity contribution is -0.121. The second kappa shape index (κ2) is 50.7. The van der Waals surface area contributed by atoms with Crippen molar-refractivity contribution in [3.05, 3.63) is 82.9 Å². The van der Waals surface area contributed by atoms with Crippen molar-refractivity contribution in [3.8, 4) is 29.8 Å². The largest absolute Gasteiger partial charge is 0.388 e. The topological polar surface area (TPSA) is 366 Å². The number of aromatic amines is 3. The highest BCUT2D eigenvalue weighted by Gasteiger charge is 2.49. The van der Waals surface area contributed by atoms with Crippen LogP contribution < -0.4 is 33.1 Å². The quantitative estimate of drug-likeness (QED) is 0.0111. The van der Waals surface area contributed by atoms with Crippen molar-refractivity contribution in [2.75, 3.05) is 64.3 Å². The van der Waals surface area contributed by atoms with E-state index in [0.717, 1.165) is 39.0 Å². The number of nitrogens with zero attached hydrogens (tertiary/aromatic N) is 9. The number of aliphatic hydroxyl groups is 1. The molecule has 0 radical (unpaired) electrons. The van der Waals surface area contributed by atoms with Crippen LogP contribution in [0.4, 0.5) is 0 Å². The summed E-state index contributed by atoms with van der Waals surface area (Å²) < 4.78 is 51.3. The smallest absolute Gasteiger partial charge is 0.330 e. The Morgan fingerprint density at radius 2 is 1.16 bits per heavy atom. The molecule has 5 rings (SSSR count). The molecular weight excluding hydrogens is 1410 g/mol. The molecule has 5 heterocycles. The molecule has 0 aliphatic carbocycles. The fraction of sp³-hybridized carbons (Fsp3) is 0.701. The van der Waals surface area contributed by atoms with Gasteiger partial charge in [0.15, 0.2) is 36.3 Å². The van der Waals surface area contributed by atoms with E-state index in [1.807, 2.05) is 41.5 Å². The molecule has 35 heteroatoms. The maximum absolute atomic E-state index is 12.9. The van der Waals surface area contributed by atoms with Gasteiger partial charge in [-0.3, -0.25) is 53.0 Å². The second-order valence-corrected chi connectivity index (χ2v) is 30.9. The highest BCUT2D eigenvalue weighted by atomic mass is 32.2. The SMILES string of the molecule is C.CC(C)N(C(C)C)P(OCCC#N)N(C(C)C)C(C)C.CCSc1ncn[nH]1.CC[C@H]1O[C@@H](n2cc(C#CCNC(=O)CCSC(C)=O)c(=O)[nH]c2=O)[C@@H](OC)C1O.[C-]#[N+]CCOP(OC1[C@@H](CC)O[C@@H](n2cc(C#CCNC(=O)CCSC(C)=O)c(=O)[nH]c2=O)[C@H]1OC)N(C(C)C)C(C)C. The maximum atomic E-state index is 12.9. The van der Waals surface area contributed by atoms with Gasteiger partial charge < -0.3 is 53.1 Å². The predicted molar refractivity (Wildman–Crippen MR) is 402 cm³/mol. The van der Waals surface area contributed by atoms with E-state index in [2.05, 4.69) is 147 Å². The lowest BCUT2D eigenvalue weighted by atomic mass is 10.1. The van der Waals surface area contributed by atoms with Gasteiger partial charge in [-0.1, -0.05) is 87.2 Å². The first-order valence-corrected chi connectivity index (χ1v) is 38.7. The fourth-order valence-corrected chi connectivity index (χ4v) is 16.0. The number of aliphatic hydroxyl groups excluding tert-OH is 1. The van der Waals surface area contributed by atoms with Crippen molar-refractivity contribution in [1.82, 2.24) is 58.9 Å². The molecule has 2 aliphatic heterocycles. The minimum Gasteiger partial charge on any atom is -0.388 e. The van der Waals surface area contributed by atoms with Gasteiger partial charge in [0.1, 0.15) is 48.5 Å². The predicted octanol–water partition coefficient (Wildman–Crippen LogP) is 7.95. The fourth-order valence-electron chi connectivity index (χ4n) is 10.2. The van der Waals surface area contributed by atoms with Gasteiger partial charge in [-0.25, -0.2) is 35.2 Å². The molecule has 572 valence electrons. The van der Waals surface area contributed by atoms with Crippen LogP contribution >= 0.6 is 52.3 Å². The summed E-state index contributed by atoms with van der Waals surface area (Å²) in [7, 11) is 0.444. The van der Waals surface area contributed by atoms with Crippen LogP contribution in [0.3, 0.4) is 0 Å². The summed E-state index contributed by atoms with van der Waals surface area (Å²) in [6, 6.07) is 4.02. The summed E-state index contributed by atoms with van der Waals surface area (Å²) in [6.07, 6.45) is 0.0414. The Hall–Kier alpha value is -5.65. The molecular formula is C67H110N14O16P2S3. The molecule has 2 amide bonds. The third-order valence-electron chi connectivity index (χ3n) is 14.4. The lowest BCUT2D eigenvalue weighted by Gasteiger charge is -2.45. The molecule has 2 fully saturated rings. The first kappa shape index (κ1) is 94.4. The van der Waals surface area contributed by atoms with Crippen molar-refractivity contribution in [3.63, 3.8) is 0 Å². The zero-order chi connectivity index (χ0) is 76.1. The summed E-state index contributed by atoms with van der Waals surface area (Å²) in [5.74, 6) is 11.9. The Morgan fingerprint density at radius 3 is 1.54 bits per heavy atom. The average Bonchev–Trinajstić information content (AvgIpc) is 1.62. The van der Waals surface area contributed by atoms with E-state index in [0.29, 0.717) is 61.5 Å². The highest BCUT2D eigenvalue weighted by molar-refractivity contribution is 8.13. The molecule has 0 spiro atoms. The molecule has 0 aromatic carbocycles. The zero-order valence-electron chi connectivity index (χ0n) is 61.7. The first-order chi connectivity index (χ1) is 47.9. The number of rotatable bonds is 33. The van der Waals surface area contributed by atoms with Crippen molar-refractivity contribution in [2.24, 2.45) is 0 Å². The van der Waals surface area contributed by atoms with Gasteiger partial charge in [0.05, 0.1) is 44.4 Å². The van der Waals surface area contributed by atoms with Gasteiger partial charge in [0.25, 0.3) is 19.6 Å². The Kier molecular flexibility index (Phi) is 46.9. The number of carbonyl (C=O) groups is 4. The zero-order valence-corrected chi connectivity index (χ0v) is 66.0. The molecule has 30 nitrogen and oxygen atoms in total. The normalized spacial score (nSPS) is 18.7. The number of nitriles is 1. The van der Waals surface area contributed by atoms with Gasteiger partial charge in [0, 0.05) is 101 Å². The summed E-state index contributed by atoms with van der Waals surface area (Å²) in [5.41, 5.74) is -2.75. The van der Waals surface area contributed by atoms with Crippen molar-refractivity contribution < 1.29 is 56.8 Å². The molecule has 2 aliphatic rings. The number of thioether (sulfide) groups is 3. The molecule has 3 unspecified atom stereocenters. The van der Waals surface area contributed by atoms with Crippen LogP contribution in [0.15, 0.2) is 43.1 Å². The van der Waals surface area contributed by atoms with Crippen LogP contribution in [-0.4, -0.2) is 213 Å². The Bertz CT molecular complexity index is 3430. The third kappa shape index (κ3) is 32.0. The third-order valence-corrected chi connectivity index (χ3v) is 21.9. The van der Waals surface area contributed by atoms with Crippen LogP contribution in [0.25, 0.3) is 4.85 Å². The van der Waals surface area contributed by atoms with Crippen LogP contribution in [-0.2, 0) is 51.7 Å². The number of carbonyl (C=O) groups excluding carboxylic acids is 4. The van der Waals surface area contributed by atoms with Gasteiger partial charge in [-0.05, 0) is 102 Å². The number of nitrogens with one attached hydrogen (secondary N) is 5. The summed E-state index contributed by atoms with van der Waals surface area (Å²) >= 11 is 3.78. The number of methoxy groups -OCH3 is 2. The summed E-state index contributed by atoms with van der Waals surface area (Å²) in [4.78, 5) is 107. The van der Waals surface area contributed by atoms with Crippen molar-refractivity contribution in [1.29, 1.82) is 5.26 Å². The van der Waals surface area contributed by atoms with E-state index < -0.39 is 88.6 Å². The average molecular weight is 1530 g/mol. The molecule has 9 atom stereocenters. The standard InChI is InChI=1S/C28H42N5O8PS.C19H25N3O7S.C15H32N3OP.C4H7N3S.CH4/c1-9-22-24(41-42(39-15-14-29-7)33(18(2)3)19(4)5)25(38-8)27(40-22)32-17-21(26(36)31-28(32)37)11-10-13-30-23(35)12-16-43-20(6)34;1-4-13-15(25)16(28-3)18(29-13)22-10-12(17(26)21-19(22)27)6-5-8-20-14(24)7-9-30-11(2)23;1-12(2)17(13(3)4)20(19-11-9-10-16)18(14(5)6)15(7)8;1-2-8-4-5-3-6-7-4;/h17-19,22,24-25,27H,9,12-16H2,1-6,8H3,(H,30,35)(H,31,36,37);10,13,15-16,18,25H,4,7-9H2,1-3H3,(H,20,24)(H,21,26,27);12-15H,9,11H2,1-8H3;3H,2H2,1H3,(H,5,6,7);1H4/t22-,24?,25+,27-,42?;13-,15?,16+,18-;;;/m11.../s1. The minimum atomic E-state index is -1.61. The highest BCUT2D eigenvalue weighted by Crippen LogP contribution is 2.52. The molecule has 3 aromatic heterocycles. The van der Waals surface area contributed by atoms with E-state index in [1.165, 1.54) is 51.4 Å². The number of ether oxygens (including phenoxy) is 4. The van der Waals surface area contributed by atoms with Gasteiger partial charge in [0.2, 0.25) is 18.4 Å². The summed E-state index contributed by atoms with van der Waals surface area (Å²) in [5, 5.41) is 31.4. The van der Waals surface area contributed by atoms with E-state index >= 15 is 0 Å². The van der Waals surface area contributed by atoms with Gasteiger partial charge in [-0.2, -0.15) is 10.4 Å². The lowest BCUT2D eigenvalue weighted by Crippen LogP contribution is -2.43. The maximum Gasteiger partial charge on any atom is 0.330 e. The number of H-pyrrole nitrogens is 3. The van der Waals surface area contributed by atoms with Crippen molar-refractivity contribution >= 4 is 74.3 Å².